The first-order chi connectivity index (χ1) is 8.31. The zero-order valence-electron chi connectivity index (χ0n) is 10.2. The molecule has 1 atom stereocenters. The van der Waals surface area contributed by atoms with Crippen molar-refractivity contribution >= 4 is 15.7 Å². The van der Waals surface area contributed by atoms with Gasteiger partial charge in [-0.15, -0.1) is 0 Å². The molecule has 0 aliphatic heterocycles. The van der Waals surface area contributed by atoms with Crippen LogP contribution in [0.4, 0.5) is 0 Å². The van der Waals surface area contributed by atoms with Gasteiger partial charge in [-0.25, -0.2) is 8.42 Å². The molecular weight excluding hydrogens is 252 g/mol. The number of benzene rings is 1. The van der Waals surface area contributed by atoms with E-state index >= 15 is 0 Å². The summed E-state index contributed by atoms with van der Waals surface area (Å²) >= 11 is 0. The Bertz CT molecular complexity index is 570. The Hall–Kier alpha value is -1.87. The highest BCUT2D eigenvalue weighted by Crippen LogP contribution is 2.04. The van der Waals surface area contributed by atoms with Crippen LogP contribution in [0.2, 0.25) is 0 Å². The number of hydrogen-bond acceptors (Lipinski definition) is 4. The van der Waals surface area contributed by atoms with Gasteiger partial charge < -0.3 is 5.32 Å². The van der Waals surface area contributed by atoms with Gasteiger partial charge in [0, 0.05) is 17.9 Å². The molecule has 6 heteroatoms. The lowest BCUT2D eigenvalue weighted by atomic mass is 10.1. The van der Waals surface area contributed by atoms with Crippen molar-refractivity contribution in [1.29, 1.82) is 5.26 Å². The van der Waals surface area contributed by atoms with Gasteiger partial charge in [-0.1, -0.05) is 0 Å². The molecule has 1 aromatic carbocycles. The number of carbonyl (C=O) groups excluding carboxylic acids is 1. The number of rotatable bonds is 4. The Balaban J connectivity index is 2.68. The third-order valence-electron chi connectivity index (χ3n) is 2.21. The smallest absolute Gasteiger partial charge is 0.251 e. The molecule has 0 bridgehead atoms. The fourth-order valence-corrected chi connectivity index (χ4v) is 2.49. The van der Waals surface area contributed by atoms with Crippen LogP contribution in [-0.2, 0) is 9.84 Å². The van der Waals surface area contributed by atoms with Crippen molar-refractivity contribution in [2.75, 3.05) is 12.0 Å². The van der Waals surface area contributed by atoms with Crippen LogP contribution in [0.25, 0.3) is 0 Å². The van der Waals surface area contributed by atoms with Crippen LogP contribution in [0.3, 0.4) is 0 Å². The molecule has 0 saturated carbocycles. The number of amides is 1. The van der Waals surface area contributed by atoms with E-state index in [1.165, 1.54) is 24.3 Å². The molecule has 0 heterocycles. The van der Waals surface area contributed by atoms with Crippen LogP contribution in [0.1, 0.15) is 22.8 Å². The molecule has 0 aliphatic carbocycles. The van der Waals surface area contributed by atoms with Crippen molar-refractivity contribution < 1.29 is 13.2 Å². The van der Waals surface area contributed by atoms with Gasteiger partial charge in [0.1, 0.15) is 9.84 Å². The number of hydrogen-bond donors (Lipinski definition) is 1. The van der Waals surface area contributed by atoms with E-state index in [1.54, 1.807) is 6.92 Å². The largest absolute Gasteiger partial charge is 0.349 e. The van der Waals surface area contributed by atoms with E-state index in [0.717, 1.165) is 6.26 Å². The third kappa shape index (κ3) is 4.55. The number of nitrogens with zero attached hydrogens (tertiary/aromatic N) is 1. The van der Waals surface area contributed by atoms with Crippen LogP contribution in [0, 0.1) is 11.3 Å². The van der Waals surface area contributed by atoms with E-state index in [0.29, 0.717) is 11.1 Å². The molecule has 1 rings (SSSR count). The molecule has 1 aromatic rings. The van der Waals surface area contributed by atoms with E-state index in [1.807, 2.05) is 6.07 Å². The first kappa shape index (κ1) is 14.2. The lowest BCUT2D eigenvalue weighted by molar-refractivity contribution is 0.0943. The molecular formula is C12H14N2O3S. The Morgan fingerprint density at radius 1 is 1.39 bits per heavy atom. The van der Waals surface area contributed by atoms with Crippen LogP contribution in [0.5, 0.6) is 0 Å². The maximum Gasteiger partial charge on any atom is 0.251 e. The van der Waals surface area contributed by atoms with Gasteiger partial charge in [-0.3, -0.25) is 4.79 Å². The monoisotopic (exact) mass is 266 g/mol. The van der Waals surface area contributed by atoms with E-state index < -0.39 is 15.9 Å². The van der Waals surface area contributed by atoms with Crippen LogP contribution in [0.15, 0.2) is 24.3 Å². The van der Waals surface area contributed by atoms with E-state index in [4.69, 9.17) is 5.26 Å². The Morgan fingerprint density at radius 2 is 1.94 bits per heavy atom. The summed E-state index contributed by atoms with van der Waals surface area (Å²) in [7, 11) is -3.12. The summed E-state index contributed by atoms with van der Waals surface area (Å²) < 4.78 is 22.1. The molecule has 0 aromatic heterocycles. The first-order valence-corrected chi connectivity index (χ1v) is 7.36. The van der Waals surface area contributed by atoms with Crippen molar-refractivity contribution in [3.05, 3.63) is 35.4 Å². The van der Waals surface area contributed by atoms with Gasteiger partial charge in [0.05, 0.1) is 17.4 Å². The number of carbonyl (C=O) groups is 1. The Kier molecular flexibility index (Phi) is 4.45. The second kappa shape index (κ2) is 5.65. The molecule has 1 amide bonds. The summed E-state index contributed by atoms with van der Waals surface area (Å²) in [5, 5.41) is 11.2. The maximum atomic E-state index is 11.8. The van der Waals surface area contributed by atoms with Crippen molar-refractivity contribution in [3.63, 3.8) is 0 Å². The topological polar surface area (TPSA) is 87.0 Å². The highest BCUT2D eigenvalue weighted by molar-refractivity contribution is 7.90. The summed E-state index contributed by atoms with van der Waals surface area (Å²) in [6.45, 7) is 1.63. The molecule has 0 spiro atoms. The van der Waals surface area contributed by atoms with Crippen molar-refractivity contribution in [3.8, 4) is 6.07 Å². The summed E-state index contributed by atoms with van der Waals surface area (Å²) in [6, 6.07) is 7.63. The Morgan fingerprint density at radius 3 is 2.39 bits per heavy atom. The summed E-state index contributed by atoms with van der Waals surface area (Å²) in [4.78, 5) is 11.8. The second-order valence-corrected chi connectivity index (χ2v) is 6.34. The molecule has 0 aliphatic rings. The zero-order chi connectivity index (χ0) is 13.8. The molecule has 0 saturated heterocycles. The van der Waals surface area contributed by atoms with Crippen molar-refractivity contribution in [2.45, 2.75) is 13.0 Å². The average Bonchev–Trinajstić information content (AvgIpc) is 2.26. The maximum absolute atomic E-state index is 11.8. The number of nitriles is 1. The number of sulfone groups is 1. The van der Waals surface area contributed by atoms with Gasteiger partial charge >= 0.3 is 0 Å². The minimum atomic E-state index is -3.12. The third-order valence-corrected chi connectivity index (χ3v) is 3.31. The highest BCUT2D eigenvalue weighted by Gasteiger charge is 2.14. The van der Waals surface area contributed by atoms with E-state index in [2.05, 4.69) is 5.32 Å². The summed E-state index contributed by atoms with van der Waals surface area (Å²) in [5.41, 5.74) is 0.866. The minimum absolute atomic E-state index is 0.102. The Labute approximate surface area is 106 Å². The lowest BCUT2D eigenvalue weighted by Crippen LogP contribution is -2.37. The number of nitrogens with one attached hydrogen (secondary N) is 1. The molecule has 1 N–H and O–H groups in total. The van der Waals surface area contributed by atoms with Crippen LogP contribution < -0.4 is 5.32 Å². The van der Waals surface area contributed by atoms with Gasteiger partial charge in [0.2, 0.25) is 0 Å². The quantitative estimate of drug-likeness (QED) is 0.870. The normalized spacial score (nSPS) is 12.5. The van der Waals surface area contributed by atoms with Crippen molar-refractivity contribution in [2.24, 2.45) is 0 Å². The molecule has 96 valence electrons. The van der Waals surface area contributed by atoms with Gasteiger partial charge in [-0.05, 0) is 31.2 Å². The SMILES string of the molecule is CC(CS(C)(=O)=O)NC(=O)c1ccc(C#N)cc1. The highest BCUT2D eigenvalue weighted by atomic mass is 32.2. The lowest BCUT2D eigenvalue weighted by Gasteiger charge is -2.12. The molecule has 18 heavy (non-hydrogen) atoms. The van der Waals surface area contributed by atoms with Crippen molar-refractivity contribution in [1.82, 2.24) is 5.32 Å². The fraction of sp³-hybridized carbons (Fsp3) is 0.333. The second-order valence-electron chi connectivity index (χ2n) is 4.16. The van der Waals surface area contributed by atoms with Gasteiger partial charge in [0.25, 0.3) is 5.91 Å². The fourth-order valence-electron chi connectivity index (χ4n) is 1.50. The molecule has 1 unspecified atom stereocenters. The zero-order valence-corrected chi connectivity index (χ0v) is 11.0. The van der Waals surface area contributed by atoms with Crippen LogP contribution >= 0.6 is 0 Å². The molecule has 5 nitrogen and oxygen atoms in total. The molecule has 0 radical (unpaired) electrons. The van der Waals surface area contributed by atoms with E-state index in [-0.39, 0.29) is 11.7 Å². The first-order valence-electron chi connectivity index (χ1n) is 5.30. The predicted molar refractivity (Wildman–Crippen MR) is 67.8 cm³/mol. The molecule has 0 fully saturated rings. The summed E-state index contributed by atoms with van der Waals surface area (Å²) in [6.07, 6.45) is 1.12. The minimum Gasteiger partial charge on any atom is -0.349 e. The van der Waals surface area contributed by atoms with Crippen LogP contribution in [-0.4, -0.2) is 32.4 Å². The summed E-state index contributed by atoms with van der Waals surface area (Å²) in [5.74, 6) is -0.453. The average molecular weight is 266 g/mol. The standard InChI is InChI=1S/C12H14N2O3S/c1-9(8-18(2,16)17)14-12(15)11-5-3-10(7-13)4-6-11/h3-6,9H,8H2,1-2H3,(H,14,15). The van der Waals surface area contributed by atoms with Gasteiger partial charge in [0.15, 0.2) is 0 Å². The van der Waals surface area contributed by atoms with E-state index in [9.17, 15) is 13.2 Å². The predicted octanol–water partition coefficient (Wildman–Crippen LogP) is 0.721. The van der Waals surface area contributed by atoms with Gasteiger partial charge in [-0.2, -0.15) is 5.26 Å².